The van der Waals surface area contributed by atoms with E-state index in [9.17, 15) is 4.79 Å². The highest BCUT2D eigenvalue weighted by Gasteiger charge is 1.99. The van der Waals surface area contributed by atoms with E-state index < -0.39 is 0 Å². The van der Waals surface area contributed by atoms with Crippen LogP contribution in [0.2, 0.25) is 0 Å². The molecule has 3 nitrogen and oxygen atoms in total. The van der Waals surface area contributed by atoms with Crippen LogP contribution in [-0.2, 0) is 9.53 Å². The summed E-state index contributed by atoms with van der Waals surface area (Å²) in [6.07, 6.45) is 22.6. The molecular formula is C21H42O3. The van der Waals surface area contributed by atoms with Crippen molar-refractivity contribution >= 4 is 5.97 Å². The number of methoxy groups -OCH3 is 1. The predicted octanol–water partition coefficient (Wildman–Crippen LogP) is 6.17. The standard InChI is InChI=1S/C21H42O3/c1-24-21(23)19-17-15-13-11-9-7-5-3-2-4-6-8-10-12-14-16-18-20-22/h22H,2-20H2,1H3. The van der Waals surface area contributed by atoms with Crippen molar-refractivity contribution in [1.29, 1.82) is 0 Å². The Morgan fingerprint density at radius 2 is 0.875 bits per heavy atom. The van der Waals surface area contributed by atoms with Gasteiger partial charge in [-0.05, 0) is 12.8 Å². The van der Waals surface area contributed by atoms with Gasteiger partial charge < -0.3 is 9.84 Å². The molecule has 0 aliphatic heterocycles. The highest BCUT2D eigenvalue weighted by molar-refractivity contribution is 5.68. The molecule has 0 heterocycles. The largest absolute Gasteiger partial charge is 0.469 e. The van der Waals surface area contributed by atoms with Gasteiger partial charge in [0.15, 0.2) is 0 Å². The minimum Gasteiger partial charge on any atom is -0.469 e. The van der Waals surface area contributed by atoms with Crippen molar-refractivity contribution in [3.8, 4) is 0 Å². The summed E-state index contributed by atoms with van der Waals surface area (Å²) in [5.41, 5.74) is 0. The zero-order valence-electron chi connectivity index (χ0n) is 16.2. The lowest BCUT2D eigenvalue weighted by Gasteiger charge is -2.03. The molecule has 0 bridgehead atoms. The lowest BCUT2D eigenvalue weighted by molar-refractivity contribution is -0.140. The molecule has 0 saturated heterocycles. The molecular weight excluding hydrogens is 300 g/mol. The van der Waals surface area contributed by atoms with Crippen molar-refractivity contribution in [3.05, 3.63) is 0 Å². The Morgan fingerprint density at radius 3 is 1.17 bits per heavy atom. The van der Waals surface area contributed by atoms with Gasteiger partial charge in [0.2, 0.25) is 0 Å². The molecule has 0 aliphatic rings. The molecule has 24 heavy (non-hydrogen) atoms. The second-order valence-corrected chi connectivity index (χ2v) is 7.06. The van der Waals surface area contributed by atoms with Crippen molar-refractivity contribution in [2.75, 3.05) is 13.7 Å². The third kappa shape index (κ3) is 19.5. The van der Waals surface area contributed by atoms with E-state index in [1.54, 1.807) is 0 Å². The van der Waals surface area contributed by atoms with Gasteiger partial charge >= 0.3 is 5.97 Å². The van der Waals surface area contributed by atoms with E-state index in [1.807, 2.05) is 0 Å². The van der Waals surface area contributed by atoms with E-state index in [0.29, 0.717) is 13.0 Å². The molecule has 0 unspecified atom stereocenters. The van der Waals surface area contributed by atoms with Gasteiger partial charge in [-0.25, -0.2) is 0 Å². The number of aliphatic hydroxyl groups excluding tert-OH is 1. The van der Waals surface area contributed by atoms with Gasteiger partial charge in [0.25, 0.3) is 0 Å². The van der Waals surface area contributed by atoms with Crippen molar-refractivity contribution in [2.45, 2.75) is 116 Å². The summed E-state index contributed by atoms with van der Waals surface area (Å²) in [4.78, 5) is 11.0. The summed E-state index contributed by atoms with van der Waals surface area (Å²) < 4.78 is 4.64. The SMILES string of the molecule is COC(=O)CCCCCCCCCCCCCCCCCCCO. The van der Waals surface area contributed by atoms with Crippen LogP contribution in [0.15, 0.2) is 0 Å². The van der Waals surface area contributed by atoms with Crippen LogP contribution in [0.5, 0.6) is 0 Å². The highest BCUT2D eigenvalue weighted by atomic mass is 16.5. The van der Waals surface area contributed by atoms with Gasteiger partial charge in [0.05, 0.1) is 7.11 Å². The van der Waals surface area contributed by atoms with Crippen LogP contribution >= 0.6 is 0 Å². The Morgan fingerprint density at radius 1 is 0.583 bits per heavy atom. The Bertz CT molecular complexity index is 253. The summed E-state index contributed by atoms with van der Waals surface area (Å²) in [5, 5.41) is 8.70. The molecule has 0 aromatic heterocycles. The van der Waals surface area contributed by atoms with E-state index >= 15 is 0 Å². The number of aliphatic hydroxyl groups is 1. The van der Waals surface area contributed by atoms with Crippen LogP contribution in [-0.4, -0.2) is 24.8 Å². The average Bonchev–Trinajstić information content (AvgIpc) is 2.60. The molecule has 0 radical (unpaired) electrons. The molecule has 0 aliphatic carbocycles. The lowest BCUT2D eigenvalue weighted by Crippen LogP contribution is -1.99. The molecule has 0 amide bonds. The Labute approximate surface area is 150 Å². The molecule has 0 atom stereocenters. The summed E-state index contributed by atoms with van der Waals surface area (Å²) in [6, 6.07) is 0. The number of esters is 1. The molecule has 0 aromatic carbocycles. The van der Waals surface area contributed by atoms with E-state index in [0.717, 1.165) is 19.3 Å². The molecule has 0 spiro atoms. The first-order valence-corrected chi connectivity index (χ1v) is 10.5. The molecule has 144 valence electrons. The van der Waals surface area contributed by atoms with Gasteiger partial charge in [0, 0.05) is 13.0 Å². The summed E-state index contributed by atoms with van der Waals surface area (Å²) >= 11 is 0. The van der Waals surface area contributed by atoms with Crippen LogP contribution in [0.4, 0.5) is 0 Å². The minimum atomic E-state index is -0.0725. The molecule has 3 heteroatoms. The number of carbonyl (C=O) groups excluding carboxylic acids is 1. The minimum absolute atomic E-state index is 0.0725. The monoisotopic (exact) mass is 342 g/mol. The first-order chi connectivity index (χ1) is 11.8. The fourth-order valence-corrected chi connectivity index (χ4v) is 3.13. The fourth-order valence-electron chi connectivity index (χ4n) is 3.13. The molecule has 0 fully saturated rings. The number of unbranched alkanes of at least 4 members (excludes halogenated alkanes) is 16. The van der Waals surface area contributed by atoms with E-state index in [-0.39, 0.29) is 5.97 Å². The summed E-state index contributed by atoms with van der Waals surface area (Å²) in [6.45, 7) is 0.357. The van der Waals surface area contributed by atoms with Crippen LogP contribution in [0.1, 0.15) is 116 Å². The van der Waals surface area contributed by atoms with Crippen molar-refractivity contribution in [3.63, 3.8) is 0 Å². The molecule has 1 N–H and O–H groups in total. The fraction of sp³-hybridized carbons (Fsp3) is 0.952. The van der Waals surface area contributed by atoms with Crippen LogP contribution < -0.4 is 0 Å². The normalized spacial score (nSPS) is 10.9. The molecule has 0 aromatic rings. The third-order valence-corrected chi connectivity index (χ3v) is 4.77. The molecule has 0 saturated carbocycles. The highest BCUT2D eigenvalue weighted by Crippen LogP contribution is 2.14. The first-order valence-electron chi connectivity index (χ1n) is 10.5. The predicted molar refractivity (Wildman–Crippen MR) is 102 cm³/mol. The van der Waals surface area contributed by atoms with Crippen molar-refractivity contribution in [2.24, 2.45) is 0 Å². The zero-order chi connectivity index (χ0) is 17.7. The quantitative estimate of drug-likeness (QED) is 0.225. The topological polar surface area (TPSA) is 46.5 Å². The van der Waals surface area contributed by atoms with Gasteiger partial charge in [-0.2, -0.15) is 0 Å². The number of hydrogen-bond acceptors (Lipinski definition) is 3. The smallest absolute Gasteiger partial charge is 0.305 e. The number of carbonyl (C=O) groups is 1. The van der Waals surface area contributed by atoms with E-state index in [4.69, 9.17) is 5.11 Å². The number of hydrogen-bond donors (Lipinski definition) is 1. The average molecular weight is 343 g/mol. The van der Waals surface area contributed by atoms with Crippen molar-refractivity contribution < 1.29 is 14.6 Å². The van der Waals surface area contributed by atoms with E-state index in [1.165, 1.54) is 97.0 Å². The number of rotatable bonds is 19. The van der Waals surface area contributed by atoms with Crippen LogP contribution in [0.25, 0.3) is 0 Å². The van der Waals surface area contributed by atoms with E-state index in [2.05, 4.69) is 4.74 Å². The first kappa shape index (κ1) is 23.4. The maximum Gasteiger partial charge on any atom is 0.305 e. The number of ether oxygens (including phenoxy) is 1. The lowest BCUT2D eigenvalue weighted by atomic mass is 10.0. The Kier molecular flexibility index (Phi) is 20.0. The van der Waals surface area contributed by atoms with Crippen molar-refractivity contribution in [1.82, 2.24) is 0 Å². The van der Waals surface area contributed by atoms with Gasteiger partial charge in [0.1, 0.15) is 0 Å². The maximum atomic E-state index is 11.0. The Hall–Kier alpha value is -0.570. The van der Waals surface area contributed by atoms with Gasteiger partial charge in [-0.15, -0.1) is 0 Å². The second-order valence-electron chi connectivity index (χ2n) is 7.06. The summed E-state index contributed by atoms with van der Waals surface area (Å²) in [5.74, 6) is -0.0725. The summed E-state index contributed by atoms with van der Waals surface area (Å²) in [7, 11) is 1.46. The Balaban J connectivity index is 2.99. The zero-order valence-corrected chi connectivity index (χ0v) is 16.2. The third-order valence-electron chi connectivity index (χ3n) is 4.77. The van der Waals surface area contributed by atoms with Crippen LogP contribution in [0, 0.1) is 0 Å². The second kappa shape index (κ2) is 20.5. The van der Waals surface area contributed by atoms with Gasteiger partial charge in [-0.3, -0.25) is 4.79 Å². The van der Waals surface area contributed by atoms with Gasteiger partial charge in [-0.1, -0.05) is 96.3 Å². The maximum absolute atomic E-state index is 11.0. The molecule has 0 rings (SSSR count). The van der Waals surface area contributed by atoms with Crippen LogP contribution in [0.3, 0.4) is 0 Å².